The number of rotatable bonds is 4. The van der Waals surface area contributed by atoms with E-state index < -0.39 is 0 Å². The van der Waals surface area contributed by atoms with Crippen LogP contribution in [0.3, 0.4) is 0 Å². The molecule has 0 spiro atoms. The largest absolute Gasteiger partial charge is 0.354 e. The van der Waals surface area contributed by atoms with E-state index in [0.717, 1.165) is 36.5 Å². The molecule has 3 rings (SSSR count). The van der Waals surface area contributed by atoms with Crippen LogP contribution in [-0.4, -0.2) is 41.1 Å². The van der Waals surface area contributed by atoms with Gasteiger partial charge in [0.05, 0.1) is 0 Å². The third-order valence-corrected chi connectivity index (χ3v) is 3.97. The van der Waals surface area contributed by atoms with E-state index in [9.17, 15) is 0 Å². The molecule has 106 valence electrons. The second-order valence-electron chi connectivity index (χ2n) is 5.30. The van der Waals surface area contributed by atoms with Gasteiger partial charge in [-0.15, -0.1) is 0 Å². The summed E-state index contributed by atoms with van der Waals surface area (Å²) in [6.45, 7) is 2.14. The third kappa shape index (κ3) is 2.72. The summed E-state index contributed by atoms with van der Waals surface area (Å²) in [7, 11) is 2.01. The molecule has 20 heavy (non-hydrogen) atoms. The van der Waals surface area contributed by atoms with Crippen molar-refractivity contribution in [3.8, 4) is 0 Å². The standard InChI is InChI=1S/C15H21N5/c1-16-8-7-12-4-2-3-11-20(12)14-6-5-13-15(19-14)18-10-9-17-13/h5-6,9-10,12,16H,2-4,7-8,11H2,1H3. The maximum Gasteiger partial charge on any atom is 0.180 e. The van der Waals surface area contributed by atoms with Crippen LogP contribution in [0.15, 0.2) is 24.5 Å². The van der Waals surface area contributed by atoms with Crippen molar-refractivity contribution in [2.24, 2.45) is 0 Å². The smallest absolute Gasteiger partial charge is 0.180 e. The summed E-state index contributed by atoms with van der Waals surface area (Å²) in [6, 6.07) is 4.68. The van der Waals surface area contributed by atoms with E-state index in [0.29, 0.717) is 6.04 Å². The summed E-state index contributed by atoms with van der Waals surface area (Å²) in [5, 5.41) is 3.25. The molecule has 1 N–H and O–H groups in total. The van der Waals surface area contributed by atoms with Crippen LogP contribution < -0.4 is 10.2 Å². The monoisotopic (exact) mass is 271 g/mol. The zero-order valence-electron chi connectivity index (χ0n) is 11.9. The Labute approximate surface area is 119 Å². The highest BCUT2D eigenvalue weighted by Gasteiger charge is 2.23. The normalized spacial score (nSPS) is 19.4. The minimum absolute atomic E-state index is 0.581. The van der Waals surface area contributed by atoms with Gasteiger partial charge in [-0.2, -0.15) is 0 Å². The molecule has 1 unspecified atom stereocenters. The molecule has 1 atom stereocenters. The van der Waals surface area contributed by atoms with Crippen molar-refractivity contribution in [3.63, 3.8) is 0 Å². The van der Waals surface area contributed by atoms with E-state index in [2.05, 4.69) is 31.2 Å². The van der Waals surface area contributed by atoms with Gasteiger partial charge in [0.2, 0.25) is 0 Å². The quantitative estimate of drug-likeness (QED) is 0.921. The number of nitrogens with one attached hydrogen (secondary N) is 1. The van der Waals surface area contributed by atoms with Gasteiger partial charge in [-0.3, -0.25) is 4.98 Å². The van der Waals surface area contributed by atoms with Gasteiger partial charge in [0.25, 0.3) is 0 Å². The highest BCUT2D eigenvalue weighted by molar-refractivity contribution is 5.71. The maximum atomic E-state index is 4.69. The molecule has 1 saturated heterocycles. The first-order chi connectivity index (χ1) is 9.88. The van der Waals surface area contributed by atoms with E-state index in [1.54, 1.807) is 12.4 Å². The Kier molecular flexibility index (Phi) is 4.06. The fourth-order valence-corrected chi connectivity index (χ4v) is 2.92. The van der Waals surface area contributed by atoms with Crippen molar-refractivity contribution in [1.29, 1.82) is 0 Å². The topological polar surface area (TPSA) is 53.9 Å². The third-order valence-electron chi connectivity index (χ3n) is 3.97. The molecule has 1 aliphatic heterocycles. The van der Waals surface area contributed by atoms with Gasteiger partial charge in [0.15, 0.2) is 5.65 Å². The van der Waals surface area contributed by atoms with Gasteiger partial charge in [-0.05, 0) is 51.4 Å². The molecule has 0 saturated carbocycles. The van der Waals surface area contributed by atoms with Crippen molar-refractivity contribution in [1.82, 2.24) is 20.3 Å². The van der Waals surface area contributed by atoms with Gasteiger partial charge in [-0.1, -0.05) is 0 Å². The fourth-order valence-electron chi connectivity index (χ4n) is 2.92. The zero-order valence-corrected chi connectivity index (χ0v) is 11.9. The van der Waals surface area contributed by atoms with Crippen LogP contribution in [0, 0.1) is 0 Å². The molecule has 5 heteroatoms. The van der Waals surface area contributed by atoms with Crippen LogP contribution in [0.5, 0.6) is 0 Å². The minimum Gasteiger partial charge on any atom is -0.354 e. The number of anilines is 1. The highest BCUT2D eigenvalue weighted by atomic mass is 15.2. The number of piperidine rings is 1. The predicted octanol–water partition coefficient (Wildman–Crippen LogP) is 1.99. The van der Waals surface area contributed by atoms with Crippen LogP contribution in [0.2, 0.25) is 0 Å². The number of fused-ring (bicyclic) bond motifs is 1. The van der Waals surface area contributed by atoms with Crippen molar-refractivity contribution < 1.29 is 0 Å². The Bertz CT molecular complexity index is 571. The first kappa shape index (κ1) is 13.2. The Morgan fingerprint density at radius 3 is 3.05 bits per heavy atom. The lowest BCUT2D eigenvalue weighted by atomic mass is 9.99. The molecular formula is C15H21N5. The van der Waals surface area contributed by atoms with E-state index in [-0.39, 0.29) is 0 Å². The Morgan fingerprint density at radius 2 is 2.15 bits per heavy atom. The SMILES string of the molecule is CNCCC1CCCCN1c1ccc2nccnc2n1. The van der Waals surface area contributed by atoms with E-state index in [1.165, 1.54) is 19.3 Å². The summed E-state index contributed by atoms with van der Waals surface area (Å²) in [5.74, 6) is 1.04. The molecule has 0 bridgehead atoms. The number of pyridine rings is 1. The molecule has 0 aliphatic carbocycles. The average Bonchev–Trinajstić information content (AvgIpc) is 2.53. The lowest BCUT2D eigenvalue weighted by Gasteiger charge is -2.36. The predicted molar refractivity (Wildman–Crippen MR) is 80.9 cm³/mol. The number of hydrogen-bond acceptors (Lipinski definition) is 5. The lowest BCUT2D eigenvalue weighted by Crippen LogP contribution is -2.41. The van der Waals surface area contributed by atoms with Gasteiger partial charge in [0.1, 0.15) is 11.3 Å². The number of aromatic nitrogens is 3. The summed E-state index contributed by atoms with van der Waals surface area (Å²) in [6.07, 6.45) is 8.39. The number of nitrogens with zero attached hydrogens (tertiary/aromatic N) is 4. The van der Waals surface area contributed by atoms with Gasteiger partial charge >= 0.3 is 0 Å². The van der Waals surface area contributed by atoms with E-state index in [4.69, 9.17) is 0 Å². The molecule has 5 nitrogen and oxygen atoms in total. The average molecular weight is 271 g/mol. The maximum absolute atomic E-state index is 4.69. The molecule has 2 aromatic rings. The van der Waals surface area contributed by atoms with E-state index in [1.807, 2.05) is 13.1 Å². The van der Waals surface area contributed by atoms with Crippen LogP contribution in [-0.2, 0) is 0 Å². The number of hydrogen-bond donors (Lipinski definition) is 1. The zero-order chi connectivity index (χ0) is 13.8. The second kappa shape index (κ2) is 6.13. The van der Waals surface area contributed by atoms with Crippen molar-refractivity contribution >= 4 is 17.0 Å². The Balaban J connectivity index is 1.86. The molecular weight excluding hydrogens is 250 g/mol. The summed E-state index contributed by atoms with van der Waals surface area (Å²) in [4.78, 5) is 15.7. The molecule has 1 aliphatic rings. The Hall–Kier alpha value is -1.75. The summed E-state index contributed by atoms with van der Waals surface area (Å²) >= 11 is 0. The van der Waals surface area contributed by atoms with Crippen molar-refractivity contribution in [3.05, 3.63) is 24.5 Å². The molecule has 2 aromatic heterocycles. The molecule has 1 fully saturated rings. The van der Waals surface area contributed by atoms with Crippen molar-refractivity contribution in [2.75, 3.05) is 25.0 Å². The summed E-state index contributed by atoms with van der Waals surface area (Å²) < 4.78 is 0. The Morgan fingerprint density at radius 1 is 1.25 bits per heavy atom. The molecule has 3 heterocycles. The lowest BCUT2D eigenvalue weighted by molar-refractivity contribution is 0.431. The van der Waals surface area contributed by atoms with Crippen LogP contribution in [0.25, 0.3) is 11.2 Å². The van der Waals surface area contributed by atoms with Gasteiger partial charge in [0, 0.05) is 25.0 Å². The molecule has 0 radical (unpaired) electrons. The van der Waals surface area contributed by atoms with Gasteiger partial charge < -0.3 is 10.2 Å². The second-order valence-corrected chi connectivity index (χ2v) is 5.30. The first-order valence-electron chi connectivity index (χ1n) is 7.37. The highest BCUT2D eigenvalue weighted by Crippen LogP contribution is 2.25. The van der Waals surface area contributed by atoms with Crippen molar-refractivity contribution in [2.45, 2.75) is 31.7 Å². The van der Waals surface area contributed by atoms with Crippen LogP contribution in [0.4, 0.5) is 5.82 Å². The molecule has 0 aromatic carbocycles. The summed E-state index contributed by atoms with van der Waals surface area (Å²) in [5.41, 5.74) is 1.60. The van der Waals surface area contributed by atoms with Crippen LogP contribution >= 0.6 is 0 Å². The van der Waals surface area contributed by atoms with Crippen LogP contribution in [0.1, 0.15) is 25.7 Å². The minimum atomic E-state index is 0.581. The van der Waals surface area contributed by atoms with Gasteiger partial charge in [-0.25, -0.2) is 9.97 Å². The molecule has 0 amide bonds. The first-order valence-corrected chi connectivity index (χ1v) is 7.37. The fraction of sp³-hybridized carbons (Fsp3) is 0.533. The van der Waals surface area contributed by atoms with E-state index >= 15 is 0 Å².